The van der Waals surface area contributed by atoms with Crippen LogP contribution in [0.1, 0.15) is 25.7 Å². The highest BCUT2D eigenvalue weighted by atomic mass is 19.1. The number of pyridine rings is 2. The van der Waals surface area contributed by atoms with Gasteiger partial charge >= 0.3 is 0 Å². The molecule has 0 unspecified atom stereocenters. The first-order chi connectivity index (χ1) is 14.1. The maximum absolute atomic E-state index is 12.9. The van der Waals surface area contributed by atoms with Crippen LogP contribution in [0.5, 0.6) is 0 Å². The summed E-state index contributed by atoms with van der Waals surface area (Å²) in [7, 11) is 0. The lowest BCUT2D eigenvalue weighted by molar-refractivity contribution is 0.126. The van der Waals surface area contributed by atoms with Crippen molar-refractivity contribution in [1.82, 2.24) is 19.5 Å². The van der Waals surface area contributed by atoms with Crippen LogP contribution in [0, 0.1) is 0 Å². The van der Waals surface area contributed by atoms with Crippen molar-refractivity contribution in [3.8, 4) is 0 Å². The van der Waals surface area contributed by atoms with Gasteiger partial charge in [-0.15, -0.1) is 0 Å². The Bertz CT molecular complexity index is 1030. The molecular weight excluding hydrogens is 375 g/mol. The van der Waals surface area contributed by atoms with Crippen molar-refractivity contribution in [1.29, 1.82) is 0 Å². The monoisotopic (exact) mass is 398 g/mol. The summed E-state index contributed by atoms with van der Waals surface area (Å²) in [6.45, 7) is -0.613. The van der Waals surface area contributed by atoms with Crippen molar-refractivity contribution < 1.29 is 9.50 Å². The van der Waals surface area contributed by atoms with E-state index in [2.05, 4.69) is 25.6 Å². The molecule has 3 aromatic rings. The van der Waals surface area contributed by atoms with Gasteiger partial charge in [-0.3, -0.25) is 9.78 Å². The normalized spacial score (nSPS) is 19.2. The van der Waals surface area contributed by atoms with Crippen LogP contribution in [0.3, 0.4) is 0 Å². The number of halogens is 1. The predicted octanol–water partition coefficient (Wildman–Crippen LogP) is 2.62. The van der Waals surface area contributed by atoms with Crippen molar-refractivity contribution in [2.75, 3.05) is 17.3 Å². The number of fused-ring (bicyclic) bond motifs is 1. The Morgan fingerprint density at radius 2 is 2.03 bits per heavy atom. The second-order valence-electron chi connectivity index (χ2n) is 7.19. The van der Waals surface area contributed by atoms with Crippen molar-refractivity contribution in [2.24, 2.45) is 0 Å². The standard InChI is InChI=1S/C20H23FN6O2/c21-6-10-27-9-5-13-11-16(25-17-12-22-7-8-23-17)26-19(18(13)20(27)29)24-14-1-3-15(28)4-2-14/h5,7-9,11-12,14-15,28H,1-4,6,10H2,(H2,23,24,25,26). The SMILES string of the molecule is O=c1c2c(NC3CCC(O)CC3)nc(Nc3cnccn3)cc2ccn1CCF. The Morgan fingerprint density at radius 1 is 1.21 bits per heavy atom. The van der Waals surface area contributed by atoms with Gasteiger partial charge in [0.2, 0.25) is 0 Å². The molecule has 4 rings (SSSR count). The molecule has 1 saturated carbocycles. The molecule has 0 bridgehead atoms. The maximum Gasteiger partial charge on any atom is 0.262 e. The van der Waals surface area contributed by atoms with E-state index in [1.807, 2.05) is 0 Å². The van der Waals surface area contributed by atoms with E-state index in [-0.39, 0.29) is 24.2 Å². The highest BCUT2D eigenvalue weighted by Crippen LogP contribution is 2.27. The van der Waals surface area contributed by atoms with Crippen LogP contribution < -0.4 is 16.2 Å². The smallest absolute Gasteiger partial charge is 0.262 e. The largest absolute Gasteiger partial charge is 0.393 e. The average Bonchev–Trinajstić information content (AvgIpc) is 2.72. The Morgan fingerprint density at radius 3 is 2.76 bits per heavy atom. The summed E-state index contributed by atoms with van der Waals surface area (Å²) in [6, 6.07) is 3.65. The molecule has 0 amide bonds. The first-order valence-electron chi connectivity index (χ1n) is 9.72. The summed E-state index contributed by atoms with van der Waals surface area (Å²) >= 11 is 0. The summed E-state index contributed by atoms with van der Waals surface area (Å²) in [5.74, 6) is 1.52. The van der Waals surface area contributed by atoms with Crippen LogP contribution in [0.2, 0.25) is 0 Å². The van der Waals surface area contributed by atoms with Crippen LogP contribution >= 0.6 is 0 Å². The van der Waals surface area contributed by atoms with Gasteiger partial charge in [0.25, 0.3) is 5.56 Å². The average molecular weight is 398 g/mol. The number of rotatable bonds is 6. The Labute approximate surface area is 166 Å². The lowest BCUT2D eigenvalue weighted by Crippen LogP contribution is -2.30. The van der Waals surface area contributed by atoms with Gasteiger partial charge < -0.3 is 20.3 Å². The van der Waals surface area contributed by atoms with Crippen molar-refractivity contribution in [2.45, 2.75) is 44.4 Å². The second-order valence-corrected chi connectivity index (χ2v) is 7.19. The van der Waals surface area contributed by atoms with Crippen LogP contribution in [-0.4, -0.2) is 43.4 Å². The van der Waals surface area contributed by atoms with E-state index < -0.39 is 6.67 Å². The number of alkyl halides is 1. The van der Waals surface area contributed by atoms with Crippen molar-refractivity contribution in [3.63, 3.8) is 0 Å². The lowest BCUT2D eigenvalue weighted by atomic mass is 9.93. The molecule has 9 heteroatoms. The summed E-state index contributed by atoms with van der Waals surface area (Å²) in [6.07, 6.45) is 9.05. The molecule has 152 valence electrons. The molecule has 3 N–H and O–H groups in total. The Hall–Kier alpha value is -3.07. The number of hydrogen-bond acceptors (Lipinski definition) is 7. The third-order valence-corrected chi connectivity index (χ3v) is 5.14. The minimum Gasteiger partial charge on any atom is -0.393 e. The number of nitrogens with one attached hydrogen (secondary N) is 2. The van der Waals surface area contributed by atoms with E-state index in [9.17, 15) is 14.3 Å². The fourth-order valence-electron chi connectivity index (χ4n) is 3.65. The van der Waals surface area contributed by atoms with Crippen LogP contribution in [0.4, 0.5) is 21.8 Å². The zero-order valence-corrected chi connectivity index (χ0v) is 15.9. The van der Waals surface area contributed by atoms with E-state index in [0.29, 0.717) is 41.1 Å². The van der Waals surface area contributed by atoms with E-state index >= 15 is 0 Å². The summed E-state index contributed by atoms with van der Waals surface area (Å²) in [5.41, 5.74) is -0.281. The number of aromatic nitrogens is 4. The zero-order chi connectivity index (χ0) is 20.2. The number of hydrogen-bond donors (Lipinski definition) is 3. The quantitative estimate of drug-likeness (QED) is 0.586. The van der Waals surface area contributed by atoms with Gasteiger partial charge in [0, 0.05) is 24.6 Å². The number of nitrogens with zero attached hydrogens (tertiary/aromatic N) is 4. The Balaban J connectivity index is 1.75. The highest BCUT2D eigenvalue weighted by molar-refractivity contribution is 5.93. The second kappa shape index (κ2) is 8.52. The molecule has 29 heavy (non-hydrogen) atoms. The van der Waals surface area contributed by atoms with E-state index in [1.165, 1.54) is 4.57 Å². The van der Waals surface area contributed by atoms with Gasteiger partial charge in [-0.05, 0) is 43.2 Å². The number of aliphatic hydroxyl groups excluding tert-OH is 1. The van der Waals surface area contributed by atoms with E-state index in [0.717, 1.165) is 12.8 Å². The molecular formula is C20H23FN6O2. The molecule has 0 aliphatic heterocycles. The van der Waals surface area contributed by atoms with Gasteiger partial charge in [0.15, 0.2) is 0 Å². The first-order valence-corrected chi connectivity index (χ1v) is 9.72. The van der Waals surface area contributed by atoms with Gasteiger partial charge in [-0.1, -0.05) is 0 Å². The molecule has 3 aromatic heterocycles. The Kier molecular flexibility index (Phi) is 5.66. The highest BCUT2D eigenvalue weighted by Gasteiger charge is 2.21. The van der Waals surface area contributed by atoms with Crippen LogP contribution in [0.25, 0.3) is 10.8 Å². The molecule has 1 aliphatic rings. The number of aryl methyl sites for hydroxylation is 1. The summed E-state index contributed by atoms with van der Waals surface area (Å²) < 4.78 is 14.2. The fourth-order valence-corrected chi connectivity index (χ4v) is 3.65. The van der Waals surface area contributed by atoms with Gasteiger partial charge in [-0.2, -0.15) is 0 Å². The topological polar surface area (TPSA) is 105 Å². The van der Waals surface area contributed by atoms with Crippen LogP contribution in [0.15, 0.2) is 41.7 Å². The fraction of sp³-hybridized carbons (Fsp3) is 0.400. The van der Waals surface area contributed by atoms with Crippen molar-refractivity contribution in [3.05, 3.63) is 47.3 Å². The molecule has 8 nitrogen and oxygen atoms in total. The zero-order valence-electron chi connectivity index (χ0n) is 15.9. The lowest BCUT2D eigenvalue weighted by Gasteiger charge is -2.27. The maximum atomic E-state index is 12.9. The molecule has 0 atom stereocenters. The van der Waals surface area contributed by atoms with Crippen LogP contribution in [-0.2, 0) is 6.54 Å². The predicted molar refractivity (Wildman–Crippen MR) is 109 cm³/mol. The van der Waals surface area contributed by atoms with E-state index in [4.69, 9.17) is 0 Å². The molecule has 1 fully saturated rings. The molecule has 0 radical (unpaired) electrons. The first kappa shape index (κ1) is 19.3. The third-order valence-electron chi connectivity index (χ3n) is 5.14. The minimum atomic E-state index is -0.617. The molecule has 0 spiro atoms. The number of aliphatic hydroxyl groups is 1. The van der Waals surface area contributed by atoms with Crippen molar-refractivity contribution >= 4 is 28.2 Å². The summed E-state index contributed by atoms with van der Waals surface area (Å²) in [5, 5.41) is 17.4. The minimum absolute atomic E-state index is 0.00341. The third kappa shape index (κ3) is 4.34. The van der Waals surface area contributed by atoms with Gasteiger partial charge in [0.1, 0.15) is 24.1 Å². The number of anilines is 3. The van der Waals surface area contributed by atoms with E-state index in [1.54, 1.807) is 36.9 Å². The molecule has 3 heterocycles. The summed E-state index contributed by atoms with van der Waals surface area (Å²) in [4.78, 5) is 25.8. The molecule has 0 saturated heterocycles. The molecule has 1 aliphatic carbocycles. The van der Waals surface area contributed by atoms with Gasteiger partial charge in [0.05, 0.1) is 24.2 Å². The van der Waals surface area contributed by atoms with Gasteiger partial charge in [-0.25, -0.2) is 14.4 Å². The molecule has 0 aromatic carbocycles.